The van der Waals surface area contributed by atoms with E-state index in [0.29, 0.717) is 6.54 Å². The van der Waals surface area contributed by atoms with Crippen LogP contribution in [0.15, 0.2) is 18.2 Å². The van der Waals surface area contributed by atoms with E-state index < -0.39 is 0 Å². The molecule has 1 heterocycles. The fourth-order valence-corrected chi connectivity index (χ4v) is 3.28. The number of hydrogen-bond donors (Lipinski definition) is 2. The molecule has 0 radical (unpaired) electrons. The SMILES string of the molecule is NCC1(C(=O)Nc2ccc3c(c2)CCO3)CCCCC1. The highest BCUT2D eigenvalue weighted by Gasteiger charge is 2.38. The number of benzene rings is 1. The molecule has 2 aliphatic rings. The fourth-order valence-electron chi connectivity index (χ4n) is 3.28. The van der Waals surface area contributed by atoms with Crippen molar-refractivity contribution >= 4 is 11.6 Å². The number of hydrogen-bond acceptors (Lipinski definition) is 3. The molecule has 1 fully saturated rings. The molecule has 0 bridgehead atoms. The summed E-state index contributed by atoms with van der Waals surface area (Å²) in [6.45, 7) is 1.17. The zero-order valence-electron chi connectivity index (χ0n) is 11.8. The molecule has 4 nitrogen and oxygen atoms in total. The summed E-state index contributed by atoms with van der Waals surface area (Å²) in [7, 11) is 0. The Morgan fingerprint density at radius 2 is 2.10 bits per heavy atom. The molecule has 108 valence electrons. The predicted molar refractivity (Wildman–Crippen MR) is 78.8 cm³/mol. The van der Waals surface area contributed by atoms with E-state index in [4.69, 9.17) is 10.5 Å². The van der Waals surface area contributed by atoms with Crippen LogP contribution in [0, 0.1) is 5.41 Å². The third-order valence-corrected chi connectivity index (χ3v) is 4.63. The van der Waals surface area contributed by atoms with Crippen molar-refractivity contribution in [1.82, 2.24) is 0 Å². The zero-order chi connectivity index (χ0) is 14.0. The van der Waals surface area contributed by atoms with E-state index in [1.165, 1.54) is 12.0 Å². The second-order valence-electron chi connectivity index (χ2n) is 5.92. The van der Waals surface area contributed by atoms with Gasteiger partial charge >= 0.3 is 0 Å². The molecule has 0 saturated heterocycles. The monoisotopic (exact) mass is 274 g/mol. The molecule has 1 saturated carbocycles. The topological polar surface area (TPSA) is 64.4 Å². The van der Waals surface area contributed by atoms with Gasteiger partial charge in [-0.15, -0.1) is 0 Å². The first-order chi connectivity index (χ1) is 9.73. The van der Waals surface area contributed by atoms with Crippen LogP contribution in [0.2, 0.25) is 0 Å². The number of anilines is 1. The van der Waals surface area contributed by atoms with Crippen molar-refractivity contribution in [2.24, 2.45) is 11.1 Å². The third kappa shape index (κ3) is 2.40. The number of fused-ring (bicyclic) bond motifs is 1. The van der Waals surface area contributed by atoms with Gasteiger partial charge in [0.2, 0.25) is 5.91 Å². The number of nitrogens with one attached hydrogen (secondary N) is 1. The second kappa shape index (κ2) is 5.44. The van der Waals surface area contributed by atoms with E-state index in [2.05, 4.69) is 5.32 Å². The molecule has 3 rings (SSSR count). The van der Waals surface area contributed by atoms with E-state index in [1.807, 2.05) is 18.2 Å². The summed E-state index contributed by atoms with van der Waals surface area (Å²) in [5.41, 5.74) is 7.57. The van der Waals surface area contributed by atoms with Crippen molar-refractivity contribution in [3.8, 4) is 5.75 Å². The molecule has 1 aliphatic carbocycles. The van der Waals surface area contributed by atoms with Crippen molar-refractivity contribution < 1.29 is 9.53 Å². The maximum atomic E-state index is 12.6. The number of nitrogens with two attached hydrogens (primary N) is 1. The van der Waals surface area contributed by atoms with E-state index in [-0.39, 0.29) is 11.3 Å². The van der Waals surface area contributed by atoms with Gasteiger partial charge in [-0.25, -0.2) is 0 Å². The number of rotatable bonds is 3. The van der Waals surface area contributed by atoms with E-state index in [1.54, 1.807) is 0 Å². The van der Waals surface area contributed by atoms with Crippen molar-refractivity contribution in [2.75, 3.05) is 18.5 Å². The van der Waals surface area contributed by atoms with Gasteiger partial charge in [-0.3, -0.25) is 4.79 Å². The molecule has 1 aromatic carbocycles. The summed E-state index contributed by atoms with van der Waals surface area (Å²) in [5.74, 6) is 1.02. The zero-order valence-corrected chi connectivity index (χ0v) is 11.8. The van der Waals surface area contributed by atoms with E-state index in [9.17, 15) is 4.79 Å². The summed E-state index contributed by atoms with van der Waals surface area (Å²) >= 11 is 0. The Morgan fingerprint density at radius 1 is 1.30 bits per heavy atom. The van der Waals surface area contributed by atoms with Crippen LogP contribution < -0.4 is 15.8 Å². The molecule has 0 unspecified atom stereocenters. The smallest absolute Gasteiger partial charge is 0.231 e. The van der Waals surface area contributed by atoms with Gasteiger partial charge in [0.15, 0.2) is 0 Å². The number of amides is 1. The van der Waals surface area contributed by atoms with Crippen LogP contribution in [0.4, 0.5) is 5.69 Å². The lowest BCUT2D eigenvalue weighted by Crippen LogP contribution is -2.43. The Bertz CT molecular complexity index is 507. The molecule has 4 heteroatoms. The summed E-state index contributed by atoms with van der Waals surface area (Å²) < 4.78 is 5.48. The molecule has 1 amide bonds. The Balaban J connectivity index is 1.74. The molecule has 20 heavy (non-hydrogen) atoms. The van der Waals surface area contributed by atoms with Crippen molar-refractivity contribution in [2.45, 2.75) is 38.5 Å². The third-order valence-electron chi connectivity index (χ3n) is 4.63. The maximum absolute atomic E-state index is 12.6. The first-order valence-electron chi connectivity index (χ1n) is 7.51. The van der Waals surface area contributed by atoms with E-state index >= 15 is 0 Å². The van der Waals surface area contributed by atoms with Crippen LogP contribution in [0.1, 0.15) is 37.7 Å². The molecular weight excluding hydrogens is 252 g/mol. The summed E-state index contributed by atoms with van der Waals surface area (Å²) in [6, 6.07) is 5.87. The lowest BCUT2D eigenvalue weighted by Gasteiger charge is -2.34. The standard InChI is InChI=1S/C16H22N2O2/c17-11-16(7-2-1-3-8-16)15(19)18-13-4-5-14-12(10-13)6-9-20-14/h4-5,10H,1-3,6-9,11,17H2,(H,18,19). The average molecular weight is 274 g/mol. The van der Waals surface area contributed by atoms with Gasteiger partial charge < -0.3 is 15.8 Å². The van der Waals surface area contributed by atoms with Gasteiger partial charge in [-0.05, 0) is 36.6 Å². The number of carbonyl (C=O) groups is 1. The van der Waals surface area contributed by atoms with Gasteiger partial charge in [0.05, 0.1) is 12.0 Å². The molecule has 0 spiro atoms. The minimum absolute atomic E-state index is 0.0820. The first-order valence-corrected chi connectivity index (χ1v) is 7.51. The van der Waals surface area contributed by atoms with Gasteiger partial charge in [-0.2, -0.15) is 0 Å². The highest BCUT2D eigenvalue weighted by atomic mass is 16.5. The lowest BCUT2D eigenvalue weighted by molar-refractivity contribution is -0.126. The Morgan fingerprint density at radius 3 is 2.85 bits per heavy atom. The minimum Gasteiger partial charge on any atom is -0.493 e. The molecule has 1 aliphatic heterocycles. The number of ether oxygens (including phenoxy) is 1. The average Bonchev–Trinajstić information content (AvgIpc) is 2.95. The van der Waals surface area contributed by atoms with Gasteiger partial charge in [0, 0.05) is 18.7 Å². The van der Waals surface area contributed by atoms with Crippen LogP contribution in [0.25, 0.3) is 0 Å². The van der Waals surface area contributed by atoms with Gasteiger partial charge in [-0.1, -0.05) is 19.3 Å². The van der Waals surface area contributed by atoms with Gasteiger partial charge in [0.25, 0.3) is 0 Å². The highest BCUT2D eigenvalue weighted by molar-refractivity contribution is 5.95. The summed E-state index contributed by atoms with van der Waals surface area (Å²) in [4.78, 5) is 12.6. The van der Waals surface area contributed by atoms with Crippen molar-refractivity contribution in [3.05, 3.63) is 23.8 Å². The van der Waals surface area contributed by atoms with Crippen LogP contribution >= 0.6 is 0 Å². The van der Waals surface area contributed by atoms with Crippen LogP contribution in [0.5, 0.6) is 5.75 Å². The summed E-state index contributed by atoms with van der Waals surface area (Å²) in [5, 5.41) is 3.06. The Hall–Kier alpha value is -1.55. The molecule has 0 aromatic heterocycles. The normalized spacial score (nSPS) is 20.1. The second-order valence-corrected chi connectivity index (χ2v) is 5.92. The molecule has 3 N–H and O–H groups in total. The predicted octanol–water partition coefficient (Wildman–Crippen LogP) is 2.47. The Labute approximate surface area is 119 Å². The quantitative estimate of drug-likeness (QED) is 0.890. The maximum Gasteiger partial charge on any atom is 0.231 e. The molecule has 1 aromatic rings. The minimum atomic E-state index is -0.367. The van der Waals surface area contributed by atoms with Crippen LogP contribution in [-0.2, 0) is 11.2 Å². The summed E-state index contributed by atoms with van der Waals surface area (Å²) in [6.07, 6.45) is 6.14. The molecular formula is C16H22N2O2. The molecule has 0 atom stereocenters. The lowest BCUT2D eigenvalue weighted by atomic mass is 9.73. The van der Waals surface area contributed by atoms with Crippen LogP contribution in [-0.4, -0.2) is 19.1 Å². The van der Waals surface area contributed by atoms with Crippen LogP contribution in [0.3, 0.4) is 0 Å². The Kier molecular flexibility index (Phi) is 3.66. The van der Waals surface area contributed by atoms with E-state index in [0.717, 1.165) is 50.1 Å². The highest BCUT2D eigenvalue weighted by Crippen LogP contribution is 2.37. The van der Waals surface area contributed by atoms with Gasteiger partial charge in [0.1, 0.15) is 5.75 Å². The van der Waals surface area contributed by atoms with Crippen molar-refractivity contribution in [1.29, 1.82) is 0 Å². The fraction of sp³-hybridized carbons (Fsp3) is 0.562. The first kappa shape index (κ1) is 13.4. The van der Waals surface area contributed by atoms with Crippen molar-refractivity contribution in [3.63, 3.8) is 0 Å². The number of carbonyl (C=O) groups excluding carboxylic acids is 1. The largest absolute Gasteiger partial charge is 0.493 e.